The summed E-state index contributed by atoms with van der Waals surface area (Å²) in [5.41, 5.74) is 1.96. The molecule has 118 valence electrons. The second kappa shape index (κ2) is 5.62. The van der Waals surface area contributed by atoms with Gasteiger partial charge >= 0.3 is 0 Å². The van der Waals surface area contributed by atoms with Gasteiger partial charge in [0.1, 0.15) is 5.00 Å². The molecule has 2 N–H and O–H groups in total. The van der Waals surface area contributed by atoms with Gasteiger partial charge in [0.05, 0.1) is 23.8 Å². The Morgan fingerprint density at radius 2 is 2.35 bits per heavy atom. The van der Waals surface area contributed by atoms with Gasteiger partial charge in [-0.25, -0.2) is 9.67 Å². The number of aromatic nitrogens is 5. The third-order valence-electron chi connectivity index (χ3n) is 3.72. The largest absolute Gasteiger partial charge is 0.309 e. The summed E-state index contributed by atoms with van der Waals surface area (Å²) in [4.78, 5) is 16.3. The lowest BCUT2D eigenvalue weighted by Crippen LogP contribution is -2.14. The molecule has 1 saturated carbocycles. The van der Waals surface area contributed by atoms with Crippen LogP contribution in [0.5, 0.6) is 0 Å². The SMILES string of the molecule is Cc1ncc(-n2cc(CC(=O)Nc3cc(C4CC4)[nH]n3)cn2)s1. The van der Waals surface area contributed by atoms with E-state index in [4.69, 9.17) is 0 Å². The molecule has 3 aromatic rings. The maximum atomic E-state index is 12.1. The number of hydrogen-bond donors (Lipinski definition) is 2. The summed E-state index contributed by atoms with van der Waals surface area (Å²) >= 11 is 1.56. The molecular formula is C15H16N6OS. The van der Waals surface area contributed by atoms with E-state index in [1.54, 1.807) is 28.4 Å². The van der Waals surface area contributed by atoms with Gasteiger partial charge in [0.15, 0.2) is 5.82 Å². The second-order valence-electron chi connectivity index (χ2n) is 5.72. The number of thiazole rings is 1. The van der Waals surface area contributed by atoms with Gasteiger partial charge in [-0.2, -0.15) is 10.2 Å². The van der Waals surface area contributed by atoms with E-state index >= 15 is 0 Å². The predicted molar refractivity (Wildman–Crippen MR) is 86.9 cm³/mol. The second-order valence-corrected chi connectivity index (χ2v) is 6.93. The van der Waals surface area contributed by atoms with Crippen LogP contribution in [0.3, 0.4) is 0 Å². The van der Waals surface area contributed by atoms with Crippen molar-refractivity contribution in [2.45, 2.75) is 32.1 Å². The van der Waals surface area contributed by atoms with Crippen LogP contribution in [0.2, 0.25) is 0 Å². The standard InChI is InChI=1S/C15H16N6OS/c1-9-16-7-15(23-9)21-8-10(6-17-21)4-14(22)18-13-5-12(19-20-13)11-2-3-11/h5-8,11H,2-4H2,1H3,(H2,18,19,20,22). The quantitative estimate of drug-likeness (QED) is 0.753. The van der Waals surface area contributed by atoms with Crippen LogP contribution in [0.15, 0.2) is 24.7 Å². The number of nitrogens with one attached hydrogen (secondary N) is 2. The molecule has 0 radical (unpaired) electrons. The number of aryl methyl sites for hydroxylation is 1. The normalized spacial score (nSPS) is 14.1. The molecule has 0 atom stereocenters. The van der Waals surface area contributed by atoms with E-state index in [9.17, 15) is 4.79 Å². The number of H-pyrrole nitrogens is 1. The van der Waals surface area contributed by atoms with Gasteiger partial charge in [0, 0.05) is 23.9 Å². The Labute approximate surface area is 136 Å². The first kappa shape index (κ1) is 14.1. The number of rotatable bonds is 5. The molecule has 3 heterocycles. The van der Waals surface area contributed by atoms with E-state index in [1.807, 2.05) is 19.2 Å². The molecule has 0 spiro atoms. The van der Waals surface area contributed by atoms with Crippen LogP contribution in [0.1, 0.15) is 35.0 Å². The molecule has 1 aliphatic rings. The van der Waals surface area contributed by atoms with Crippen molar-refractivity contribution in [1.29, 1.82) is 0 Å². The molecule has 4 rings (SSSR count). The van der Waals surface area contributed by atoms with Crippen molar-refractivity contribution in [2.24, 2.45) is 0 Å². The molecule has 3 aromatic heterocycles. The lowest BCUT2D eigenvalue weighted by molar-refractivity contribution is -0.115. The van der Waals surface area contributed by atoms with Gasteiger partial charge < -0.3 is 5.32 Å². The average molecular weight is 328 g/mol. The van der Waals surface area contributed by atoms with Crippen molar-refractivity contribution in [2.75, 3.05) is 5.32 Å². The third-order valence-corrected chi connectivity index (χ3v) is 4.62. The molecular weight excluding hydrogens is 312 g/mol. The molecule has 0 aliphatic heterocycles. The first-order valence-electron chi connectivity index (χ1n) is 7.49. The molecule has 1 amide bonds. The van der Waals surface area contributed by atoms with E-state index in [1.165, 1.54) is 12.8 Å². The Kier molecular flexibility index (Phi) is 3.45. The highest BCUT2D eigenvalue weighted by Gasteiger charge is 2.25. The van der Waals surface area contributed by atoms with Gasteiger partial charge in [0.25, 0.3) is 0 Å². The summed E-state index contributed by atoms with van der Waals surface area (Å²) in [6, 6.07) is 1.92. The Hall–Kier alpha value is -2.48. The van der Waals surface area contributed by atoms with Crippen LogP contribution >= 0.6 is 11.3 Å². The van der Waals surface area contributed by atoms with Crippen LogP contribution in [-0.4, -0.2) is 30.9 Å². The molecule has 23 heavy (non-hydrogen) atoms. The van der Waals surface area contributed by atoms with Gasteiger partial charge in [-0.1, -0.05) is 11.3 Å². The Morgan fingerprint density at radius 3 is 3.09 bits per heavy atom. The molecule has 0 bridgehead atoms. The molecule has 7 nitrogen and oxygen atoms in total. The maximum Gasteiger partial charge on any atom is 0.230 e. The molecule has 1 fully saturated rings. The number of nitrogens with zero attached hydrogens (tertiary/aromatic N) is 4. The highest BCUT2D eigenvalue weighted by molar-refractivity contribution is 7.14. The van der Waals surface area contributed by atoms with E-state index in [-0.39, 0.29) is 12.3 Å². The van der Waals surface area contributed by atoms with Crippen LogP contribution in [-0.2, 0) is 11.2 Å². The van der Waals surface area contributed by atoms with Crippen LogP contribution in [0, 0.1) is 6.92 Å². The fraction of sp³-hybridized carbons (Fsp3) is 0.333. The number of anilines is 1. The number of carbonyl (C=O) groups is 1. The van der Waals surface area contributed by atoms with Gasteiger partial charge in [-0.3, -0.25) is 9.89 Å². The van der Waals surface area contributed by atoms with Gasteiger partial charge in [-0.05, 0) is 25.3 Å². The number of amides is 1. The van der Waals surface area contributed by atoms with Crippen molar-refractivity contribution in [3.63, 3.8) is 0 Å². The highest BCUT2D eigenvalue weighted by atomic mass is 32.1. The summed E-state index contributed by atoms with van der Waals surface area (Å²) < 4.78 is 1.74. The zero-order chi connectivity index (χ0) is 15.8. The minimum atomic E-state index is -0.0983. The van der Waals surface area contributed by atoms with Crippen LogP contribution in [0.4, 0.5) is 5.82 Å². The van der Waals surface area contributed by atoms with E-state index in [2.05, 4.69) is 25.6 Å². The molecule has 8 heteroatoms. The van der Waals surface area contributed by atoms with Crippen LogP contribution < -0.4 is 5.32 Å². The predicted octanol–water partition coefficient (Wildman–Crippen LogP) is 2.42. The summed E-state index contributed by atoms with van der Waals surface area (Å²) in [5.74, 6) is 1.08. The first-order chi connectivity index (χ1) is 11.2. The number of aromatic amines is 1. The number of hydrogen-bond acceptors (Lipinski definition) is 5. The van der Waals surface area contributed by atoms with Gasteiger partial charge in [-0.15, -0.1) is 0 Å². The summed E-state index contributed by atoms with van der Waals surface area (Å²) in [5, 5.41) is 16.1. The van der Waals surface area contributed by atoms with Crippen molar-refractivity contribution in [3.8, 4) is 5.00 Å². The topological polar surface area (TPSA) is 88.5 Å². The Bertz CT molecular complexity index is 844. The lowest BCUT2D eigenvalue weighted by Gasteiger charge is -1.99. The molecule has 0 saturated heterocycles. The smallest absolute Gasteiger partial charge is 0.230 e. The zero-order valence-corrected chi connectivity index (χ0v) is 13.4. The first-order valence-corrected chi connectivity index (χ1v) is 8.30. The van der Waals surface area contributed by atoms with Crippen molar-refractivity contribution in [1.82, 2.24) is 25.0 Å². The Morgan fingerprint density at radius 1 is 1.48 bits per heavy atom. The van der Waals surface area contributed by atoms with Crippen molar-refractivity contribution >= 4 is 23.1 Å². The third kappa shape index (κ3) is 3.16. The summed E-state index contributed by atoms with van der Waals surface area (Å²) in [6.07, 6.45) is 8.00. The van der Waals surface area contributed by atoms with Crippen LogP contribution in [0.25, 0.3) is 5.00 Å². The molecule has 0 aromatic carbocycles. The Balaban J connectivity index is 1.39. The van der Waals surface area contributed by atoms with Crippen molar-refractivity contribution < 1.29 is 4.79 Å². The fourth-order valence-corrected chi connectivity index (χ4v) is 3.11. The minimum absolute atomic E-state index is 0.0983. The summed E-state index contributed by atoms with van der Waals surface area (Å²) in [6.45, 7) is 1.95. The zero-order valence-electron chi connectivity index (χ0n) is 12.6. The minimum Gasteiger partial charge on any atom is -0.309 e. The summed E-state index contributed by atoms with van der Waals surface area (Å²) in [7, 11) is 0. The van der Waals surface area contributed by atoms with Gasteiger partial charge in [0.2, 0.25) is 5.91 Å². The van der Waals surface area contributed by atoms with Crippen molar-refractivity contribution in [3.05, 3.63) is 40.9 Å². The molecule has 1 aliphatic carbocycles. The van der Waals surface area contributed by atoms with E-state index < -0.39 is 0 Å². The fourth-order valence-electron chi connectivity index (χ4n) is 2.40. The highest BCUT2D eigenvalue weighted by Crippen LogP contribution is 2.39. The van der Waals surface area contributed by atoms with E-state index in [0.29, 0.717) is 11.7 Å². The lowest BCUT2D eigenvalue weighted by atomic mass is 10.2. The average Bonchev–Trinajstić information content (AvgIpc) is 2.91. The number of carbonyl (C=O) groups excluding carboxylic acids is 1. The molecule has 0 unspecified atom stereocenters. The monoisotopic (exact) mass is 328 g/mol. The van der Waals surface area contributed by atoms with E-state index in [0.717, 1.165) is 21.3 Å². The maximum absolute atomic E-state index is 12.1.